The van der Waals surface area contributed by atoms with Crippen molar-refractivity contribution in [3.8, 4) is 0 Å². The van der Waals surface area contributed by atoms with E-state index in [1.807, 2.05) is 4.90 Å². The monoisotopic (exact) mass is 358 g/mol. The van der Waals surface area contributed by atoms with Gasteiger partial charge in [0, 0.05) is 50.8 Å². The fourth-order valence-electron chi connectivity index (χ4n) is 2.19. The third-order valence-corrected chi connectivity index (χ3v) is 4.47. The van der Waals surface area contributed by atoms with Crippen molar-refractivity contribution in [2.75, 3.05) is 51.4 Å². The number of halogens is 2. The number of nitrogens with one attached hydrogen (secondary N) is 2. The smallest absolute Gasteiger partial charge is 0.238 e. The van der Waals surface area contributed by atoms with Crippen LogP contribution in [0.2, 0.25) is 0 Å². The number of hydrogen-bond acceptors (Lipinski definition) is 5. The van der Waals surface area contributed by atoms with E-state index in [0.717, 1.165) is 37.8 Å². The van der Waals surface area contributed by atoms with E-state index >= 15 is 0 Å². The first kappa shape index (κ1) is 20.8. The molecule has 0 aromatic carbocycles. The van der Waals surface area contributed by atoms with Gasteiger partial charge in [0.2, 0.25) is 11.8 Å². The summed E-state index contributed by atoms with van der Waals surface area (Å²) in [7, 11) is 2.06. The third-order valence-electron chi connectivity index (χ3n) is 3.53. The second-order valence-corrected chi connectivity index (χ2v) is 6.03. The SMILES string of the molecule is CN1CCN(C(=O)CCNC(=O)C2CSCN2)CC1.Cl.Cl. The summed E-state index contributed by atoms with van der Waals surface area (Å²) >= 11 is 1.72. The van der Waals surface area contributed by atoms with E-state index in [1.165, 1.54) is 0 Å². The van der Waals surface area contributed by atoms with Gasteiger partial charge >= 0.3 is 0 Å². The van der Waals surface area contributed by atoms with Gasteiger partial charge in [-0.2, -0.15) is 0 Å². The molecular formula is C12H24Cl2N4O2S. The Labute approximate surface area is 142 Å². The average molecular weight is 359 g/mol. The highest BCUT2D eigenvalue weighted by atomic mass is 35.5. The fraction of sp³-hybridized carbons (Fsp3) is 0.833. The molecule has 2 saturated heterocycles. The summed E-state index contributed by atoms with van der Waals surface area (Å²) in [6.07, 6.45) is 0.398. The van der Waals surface area contributed by atoms with Gasteiger partial charge < -0.3 is 15.1 Å². The first-order valence-corrected chi connectivity index (χ1v) is 7.87. The molecule has 2 aliphatic heterocycles. The van der Waals surface area contributed by atoms with Crippen LogP contribution in [0.25, 0.3) is 0 Å². The van der Waals surface area contributed by atoms with Gasteiger partial charge in [-0.05, 0) is 7.05 Å². The number of amides is 2. The molecule has 2 amide bonds. The summed E-state index contributed by atoms with van der Waals surface area (Å²) in [6, 6.07) is -0.0938. The first-order chi connectivity index (χ1) is 9.16. The molecule has 0 radical (unpaired) electrons. The maximum Gasteiger partial charge on any atom is 0.238 e. The Morgan fingerprint density at radius 3 is 2.48 bits per heavy atom. The van der Waals surface area contributed by atoms with Crippen LogP contribution < -0.4 is 10.6 Å². The van der Waals surface area contributed by atoms with Crippen molar-refractivity contribution in [2.45, 2.75) is 12.5 Å². The molecule has 0 aliphatic carbocycles. The number of hydrogen-bond donors (Lipinski definition) is 2. The van der Waals surface area contributed by atoms with Crippen molar-refractivity contribution in [3.05, 3.63) is 0 Å². The summed E-state index contributed by atoms with van der Waals surface area (Å²) < 4.78 is 0. The van der Waals surface area contributed by atoms with Crippen LogP contribution in [-0.2, 0) is 9.59 Å². The van der Waals surface area contributed by atoms with Gasteiger partial charge in [-0.3, -0.25) is 14.9 Å². The highest BCUT2D eigenvalue weighted by Gasteiger charge is 2.23. The van der Waals surface area contributed by atoms with E-state index in [1.54, 1.807) is 11.8 Å². The molecule has 2 rings (SSSR count). The molecule has 2 aliphatic rings. The maximum absolute atomic E-state index is 11.9. The van der Waals surface area contributed by atoms with Crippen molar-refractivity contribution < 1.29 is 9.59 Å². The molecule has 0 aromatic rings. The highest BCUT2D eigenvalue weighted by Crippen LogP contribution is 2.09. The molecule has 124 valence electrons. The van der Waals surface area contributed by atoms with Gasteiger partial charge in [-0.15, -0.1) is 36.6 Å². The molecule has 0 spiro atoms. The quantitative estimate of drug-likeness (QED) is 0.726. The Hall–Kier alpha value is -0.210. The van der Waals surface area contributed by atoms with E-state index in [9.17, 15) is 9.59 Å². The molecule has 0 bridgehead atoms. The largest absolute Gasteiger partial charge is 0.354 e. The third kappa shape index (κ3) is 6.61. The van der Waals surface area contributed by atoms with E-state index in [0.29, 0.717) is 13.0 Å². The number of rotatable bonds is 4. The van der Waals surface area contributed by atoms with Crippen molar-refractivity contribution >= 4 is 48.4 Å². The predicted molar refractivity (Wildman–Crippen MR) is 90.4 cm³/mol. The number of nitrogens with zero attached hydrogens (tertiary/aromatic N) is 2. The average Bonchev–Trinajstić information content (AvgIpc) is 2.93. The van der Waals surface area contributed by atoms with Crippen LogP contribution >= 0.6 is 36.6 Å². The Bertz CT molecular complexity index is 335. The van der Waals surface area contributed by atoms with Crippen LogP contribution in [0.5, 0.6) is 0 Å². The number of likely N-dealkylation sites (N-methyl/N-ethyl adjacent to an activating group) is 1. The lowest BCUT2D eigenvalue weighted by Gasteiger charge is -2.32. The van der Waals surface area contributed by atoms with Crippen LogP contribution in [0.1, 0.15) is 6.42 Å². The zero-order valence-corrected chi connectivity index (χ0v) is 14.6. The second-order valence-electron chi connectivity index (χ2n) is 5.00. The first-order valence-electron chi connectivity index (χ1n) is 6.72. The normalized spacial score (nSPS) is 22.1. The number of carbonyl (C=O) groups is 2. The Morgan fingerprint density at radius 1 is 1.24 bits per heavy atom. The zero-order chi connectivity index (χ0) is 13.7. The van der Waals surface area contributed by atoms with Gasteiger partial charge in [0.25, 0.3) is 0 Å². The van der Waals surface area contributed by atoms with Crippen molar-refractivity contribution in [3.63, 3.8) is 0 Å². The minimum atomic E-state index is -0.0938. The van der Waals surface area contributed by atoms with E-state index in [4.69, 9.17) is 0 Å². The highest BCUT2D eigenvalue weighted by molar-refractivity contribution is 7.99. The molecule has 9 heteroatoms. The molecule has 2 fully saturated rings. The van der Waals surface area contributed by atoms with Crippen molar-refractivity contribution in [2.24, 2.45) is 0 Å². The lowest BCUT2D eigenvalue weighted by atomic mass is 10.2. The Morgan fingerprint density at radius 2 is 1.90 bits per heavy atom. The molecule has 6 nitrogen and oxygen atoms in total. The summed E-state index contributed by atoms with van der Waals surface area (Å²) in [5.74, 6) is 1.80. The maximum atomic E-state index is 11.9. The minimum Gasteiger partial charge on any atom is -0.354 e. The topological polar surface area (TPSA) is 64.7 Å². The lowest BCUT2D eigenvalue weighted by Crippen LogP contribution is -2.48. The lowest BCUT2D eigenvalue weighted by molar-refractivity contribution is -0.132. The summed E-state index contributed by atoms with van der Waals surface area (Å²) in [4.78, 5) is 27.8. The Balaban J connectivity index is 0.00000200. The number of carbonyl (C=O) groups excluding carboxylic acids is 2. The zero-order valence-electron chi connectivity index (χ0n) is 12.2. The van der Waals surface area contributed by atoms with Crippen LogP contribution in [0.3, 0.4) is 0 Å². The van der Waals surface area contributed by atoms with Crippen molar-refractivity contribution in [1.29, 1.82) is 0 Å². The van der Waals surface area contributed by atoms with Gasteiger partial charge in [0.1, 0.15) is 0 Å². The van der Waals surface area contributed by atoms with E-state index in [-0.39, 0.29) is 42.7 Å². The van der Waals surface area contributed by atoms with Gasteiger partial charge in [0.05, 0.1) is 6.04 Å². The molecule has 0 saturated carbocycles. The summed E-state index contributed by atoms with van der Waals surface area (Å²) in [5, 5.41) is 5.94. The number of thioether (sulfide) groups is 1. The Kier molecular flexibility index (Phi) is 10.4. The van der Waals surface area contributed by atoms with Gasteiger partial charge in [-0.1, -0.05) is 0 Å². The molecule has 2 N–H and O–H groups in total. The molecular weight excluding hydrogens is 335 g/mol. The van der Waals surface area contributed by atoms with Crippen molar-refractivity contribution in [1.82, 2.24) is 20.4 Å². The molecule has 0 aromatic heterocycles. The molecule has 1 atom stereocenters. The molecule has 2 heterocycles. The summed E-state index contributed by atoms with van der Waals surface area (Å²) in [5.41, 5.74) is 0. The predicted octanol–water partition coefficient (Wildman–Crippen LogP) is -0.227. The van der Waals surface area contributed by atoms with E-state index in [2.05, 4.69) is 22.6 Å². The standard InChI is InChI=1S/C12H22N4O2S.2ClH/c1-15-4-6-16(7-5-15)11(17)2-3-13-12(18)10-8-19-9-14-10;;/h10,14H,2-9H2,1H3,(H,13,18);2*1H. The van der Waals surface area contributed by atoms with Crippen LogP contribution in [-0.4, -0.2) is 79.1 Å². The van der Waals surface area contributed by atoms with E-state index < -0.39 is 0 Å². The van der Waals surface area contributed by atoms with Gasteiger partial charge in [0.15, 0.2) is 0 Å². The van der Waals surface area contributed by atoms with Gasteiger partial charge in [-0.25, -0.2) is 0 Å². The second kappa shape index (κ2) is 10.5. The van der Waals surface area contributed by atoms with Crippen LogP contribution in [0, 0.1) is 0 Å². The summed E-state index contributed by atoms with van der Waals surface area (Å²) in [6.45, 7) is 3.89. The van der Waals surface area contributed by atoms with Crippen LogP contribution in [0.15, 0.2) is 0 Å². The molecule has 21 heavy (non-hydrogen) atoms. The van der Waals surface area contributed by atoms with Crippen LogP contribution in [0.4, 0.5) is 0 Å². The molecule has 1 unspecified atom stereocenters. The fourth-order valence-corrected chi connectivity index (χ4v) is 3.14. The minimum absolute atomic E-state index is 0. The number of piperazine rings is 1.